The SMILES string of the molecule is COc1nc(OC(F)(F)F)c(C(F)(F)F)cc1CC#N. The lowest BCUT2D eigenvalue weighted by Crippen LogP contribution is -2.21. The molecule has 0 radical (unpaired) electrons. The third kappa shape index (κ3) is 3.91. The Labute approximate surface area is 108 Å². The Morgan fingerprint density at radius 3 is 2.20 bits per heavy atom. The maximum Gasteiger partial charge on any atom is 0.574 e. The maximum absolute atomic E-state index is 12.7. The van der Waals surface area contributed by atoms with E-state index in [4.69, 9.17) is 5.26 Å². The standard InChI is InChI=1S/C10H6F6N2O2/c1-19-7-5(2-3-17)4-6(9(11,12)13)8(18-7)20-10(14,15)16/h4H,2H2,1H3. The second-order valence-electron chi connectivity index (χ2n) is 3.39. The number of methoxy groups -OCH3 is 1. The Hall–Kier alpha value is -2.18. The third-order valence-electron chi connectivity index (χ3n) is 2.01. The van der Waals surface area contributed by atoms with Crippen LogP contribution >= 0.6 is 0 Å². The van der Waals surface area contributed by atoms with E-state index in [0.717, 1.165) is 7.11 Å². The molecule has 0 saturated heterocycles. The van der Waals surface area contributed by atoms with E-state index in [0.29, 0.717) is 6.07 Å². The summed E-state index contributed by atoms with van der Waals surface area (Å²) in [6.07, 6.45) is -11.0. The van der Waals surface area contributed by atoms with Gasteiger partial charge >= 0.3 is 12.5 Å². The fourth-order valence-electron chi connectivity index (χ4n) is 1.30. The molecule has 4 nitrogen and oxygen atoms in total. The van der Waals surface area contributed by atoms with Gasteiger partial charge in [0.05, 0.1) is 19.6 Å². The van der Waals surface area contributed by atoms with Crippen molar-refractivity contribution in [3.8, 4) is 17.8 Å². The zero-order valence-electron chi connectivity index (χ0n) is 9.76. The Bertz CT molecular complexity index is 532. The van der Waals surface area contributed by atoms with Crippen LogP contribution in [0.15, 0.2) is 6.07 Å². The molecule has 10 heteroatoms. The Balaban J connectivity index is 3.44. The van der Waals surface area contributed by atoms with Crippen molar-refractivity contribution in [2.45, 2.75) is 19.0 Å². The van der Waals surface area contributed by atoms with Crippen LogP contribution in [-0.4, -0.2) is 18.5 Å². The molecule has 0 N–H and O–H groups in total. The lowest BCUT2D eigenvalue weighted by atomic mass is 10.1. The first-order valence-corrected chi connectivity index (χ1v) is 4.86. The highest BCUT2D eigenvalue weighted by Crippen LogP contribution is 2.39. The highest BCUT2D eigenvalue weighted by Gasteiger charge is 2.41. The third-order valence-corrected chi connectivity index (χ3v) is 2.01. The normalized spacial score (nSPS) is 11.9. The fourth-order valence-corrected chi connectivity index (χ4v) is 1.30. The van der Waals surface area contributed by atoms with Gasteiger partial charge in [0.2, 0.25) is 11.8 Å². The van der Waals surface area contributed by atoms with Gasteiger partial charge in [-0.05, 0) is 6.07 Å². The lowest BCUT2D eigenvalue weighted by molar-refractivity contribution is -0.278. The van der Waals surface area contributed by atoms with Gasteiger partial charge in [-0.25, -0.2) is 0 Å². The van der Waals surface area contributed by atoms with Crippen molar-refractivity contribution in [1.29, 1.82) is 5.26 Å². The highest BCUT2D eigenvalue weighted by atomic mass is 19.4. The predicted octanol–water partition coefficient (Wildman–Crippen LogP) is 3.07. The zero-order valence-corrected chi connectivity index (χ0v) is 9.76. The van der Waals surface area contributed by atoms with Gasteiger partial charge in [0.1, 0.15) is 5.56 Å². The number of hydrogen-bond acceptors (Lipinski definition) is 4. The van der Waals surface area contributed by atoms with E-state index in [9.17, 15) is 26.3 Å². The number of nitrogens with zero attached hydrogens (tertiary/aromatic N) is 2. The smallest absolute Gasteiger partial charge is 0.481 e. The summed E-state index contributed by atoms with van der Waals surface area (Å²) in [5.74, 6) is -2.22. The summed E-state index contributed by atoms with van der Waals surface area (Å²) in [4.78, 5) is 3.03. The molecule has 0 aromatic carbocycles. The van der Waals surface area contributed by atoms with Gasteiger partial charge in [-0.15, -0.1) is 13.2 Å². The number of alkyl halides is 6. The predicted molar refractivity (Wildman–Crippen MR) is 51.8 cm³/mol. The monoisotopic (exact) mass is 300 g/mol. The van der Waals surface area contributed by atoms with Crippen molar-refractivity contribution in [2.24, 2.45) is 0 Å². The Kier molecular flexibility index (Phi) is 4.32. The van der Waals surface area contributed by atoms with Crippen LogP contribution in [0.1, 0.15) is 11.1 Å². The lowest BCUT2D eigenvalue weighted by Gasteiger charge is -2.16. The van der Waals surface area contributed by atoms with Crippen LogP contribution in [0, 0.1) is 11.3 Å². The summed E-state index contributed by atoms with van der Waals surface area (Å²) in [5.41, 5.74) is -2.03. The number of aromatic nitrogens is 1. The molecular weight excluding hydrogens is 294 g/mol. The number of nitriles is 1. The molecule has 0 aliphatic heterocycles. The molecule has 0 amide bonds. The summed E-state index contributed by atoms with van der Waals surface area (Å²) >= 11 is 0. The second-order valence-corrected chi connectivity index (χ2v) is 3.39. The van der Waals surface area contributed by atoms with Crippen molar-refractivity contribution < 1.29 is 35.8 Å². The Morgan fingerprint density at radius 2 is 1.80 bits per heavy atom. The first kappa shape index (κ1) is 15.9. The topological polar surface area (TPSA) is 55.1 Å². The van der Waals surface area contributed by atoms with Crippen LogP contribution in [0.25, 0.3) is 0 Å². The molecule has 0 spiro atoms. The number of pyridine rings is 1. The van der Waals surface area contributed by atoms with Crippen molar-refractivity contribution in [3.63, 3.8) is 0 Å². The number of rotatable bonds is 3. The molecule has 1 aromatic rings. The zero-order chi connectivity index (χ0) is 15.6. The van der Waals surface area contributed by atoms with Crippen LogP contribution in [-0.2, 0) is 12.6 Å². The first-order valence-electron chi connectivity index (χ1n) is 4.86. The van der Waals surface area contributed by atoms with Crippen molar-refractivity contribution in [3.05, 3.63) is 17.2 Å². The van der Waals surface area contributed by atoms with Gasteiger partial charge in [-0.3, -0.25) is 0 Å². The molecule has 0 fully saturated rings. The quantitative estimate of drug-likeness (QED) is 0.805. The summed E-state index contributed by atoms with van der Waals surface area (Å²) in [5, 5.41) is 8.46. The molecule has 1 rings (SSSR count). The minimum atomic E-state index is -5.34. The molecule has 0 unspecified atom stereocenters. The van der Waals surface area contributed by atoms with Gasteiger partial charge < -0.3 is 9.47 Å². The first-order chi connectivity index (χ1) is 9.08. The van der Waals surface area contributed by atoms with Crippen molar-refractivity contribution in [1.82, 2.24) is 4.98 Å². The molecule has 0 saturated carbocycles. The van der Waals surface area contributed by atoms with E-state index in [-0.39, 0.29) is 5.56 Å². The van der Waals surface area contributed by atoms with Gasteiger partial charge in [0, 0.05) is 5.56 Å². The fraction of sp³-hybridized carbons (Fsp3) is 0.400. The molecule has 1 heterocycles. The molecule has 0 aliphatic rings. The average Bonchev–Trinajstić information content (AvgIpc) is 2.27. The Morgan fingerprint density at radius 1 is 1.20 bits per heavy atom. The van der Waals surface area contributed by atoms with Crippen LogP contribution in [0.3, 0.4) is 0 Å². The summed E-state index contributed by atoms with van der Waals surface area (Å²) in [6, 6.07) is 1.90. The largest absolute Gasteiger partial charge is 0.574 e. The minimum absolute atomic E-state index is 0.295. The number of halogens is 6. The van der Waals surface area contributed by atoms with E-state index in [2.05, 4.69) is 14.5 Å². The molecule has 0 aliphatic carbocycles. The van der Waals surface area contributed by atoms with Crippen molar-refractivity contribution in [2.75, 3.05) is 7.11 Å². The van der Waals surface area contributed by atoms with Crippen molar-refractivity contribution >= 4 is 0 Å². The second kappa shape index (κ2) is 5.44. The van der Waals surface area contributed by atoms with E-state index in [1.165, 1.54) is 0 Å². The number of hydrogen-bond donors (Lipinski definition) is 0. The van der Waals surface area contributed by atoms with E-state index in [1.54, 1.807) is 6.07 Å². The molecule has 20 heavy (non-hydrogen) atoms. The van der Waals surface area contributed by atoms with E-state index in [1.807, 2.05) is 0 Å². The molecule has 0 atom stereocenters. The van der Waals surface area contributed by atoms with Crippen LogP contribution in [0.2, 0.25) is 0 Å². The van der Waals surface area contributed by atoms with Gasteiger partial charge in [0.15, 0.2) is 0 Å². The summed E-state index contributed by atoms with van der Waals surface area (Å²) in [7, 11) is 0.994. The minimum Gasteiger partial charge on any atom is -0.481 e. The maximum atomic E-state index is 12.7. The molecule has 0 bridgehead atoms. The van der Waals surface area contributed by atoms with E-state index < -0.39 is 36.3 Å². The average molecular weight is 300 g/mol. The molecule has 110 valence electrons. The summed E-state index contributed by atoms with van der Waals surface area (Å²) in [6.45, 7) is 0. The number of ether oxygens (including phenoxy) is 2. The van der Waals surface area contributed by atoms with Crippen LogP contribution in [0.5, 0.6) is 11.8 Å². The van der Waals surface area contributed by atoms with Crippen LogP contribution < -0.4 is 9.47 Å². The summed E-state index contributed by atoms with van der Waals surface area (Å²) < 4.78 is 82.0. The molecular formula is C10H6F6N2O2. The highest BCUT2D eigenvalue weighted by molar-refractivity contribution is 5.40. The van der Waals surface area contributed by atoms with Gasteiger partial charge in [-0.2, -0.15) is 23.4 Å². The molecule has 1 aromatic heterocycles. The van der Waals surface area contributed by atoms with E-state index >= 15 is 0 Å². The van der Waals surface area contributed by atoms with Crippen LogP contribution in [0.4, 0.5) is 26.3 Å². The van der Waals surface area contributed by atoms with Gasteiger partial charge in [0.25, 0.3) is 0 Å². The van der Waals surface area contributed by atoms with Gasteiger partial charge in [-0.1, -0.05) is 0 Å².